The van der Waals surface area contributed by atoms with Crippen molar-refractivity contribution >= 4 is 0 Å². The Hall–Kier alpha value is 0.583. The Morgan fingerprint density at radius 1 is 0.833 bits per heavy atom. The van der Waals surface area contributed by atoms with E-state index >= 15 is 0 Å². The third-order valence-corrected chi connectivity index (χ3v) is 0. The summed E-state index contributed by atoms with van der Waals surface area (Å²) in [4.78, 5) is 0. The minimum atomic E-state index is 0. The Labute approximate surface area is 53.9 Å². The monoisotopic (exact) mass is 139 g/mol. The van der Waals surface area contributed by atoms with Crippen molar-refractivity contribution in [1.82, 2.24) is 6.15 Å². The molecule has 0 atom stereocenters. The Balaban J connectivity index is -0.00000000500. The van der Waals surface area contributed by atoms with Crippen LogP contribution in [0.25, 0.3) is 0 Å². The van der Waals surface area contributed by atoms with E-state index in [4.69, 9.17) is 0 Å². The van der Waals surface area contributed by atoms with Crippen LogP contribution in [0, 0.1) is 13.8 Å². The van der Waals surface area contributed by atoms with Crippen LogP contribution in [0.2, 0.25) is 0 Å². The van der Waals surface area contributed by atoms with E-state index < -0.39 is 0 Å². The average Bonchev–Trinajstić information content (AvgIpc) is 1.50. The van der Waals surface area contributed by atoms with Gasteiger partial charge in [0, 0.05) is 0 Å². The topological polar surface area (TPSA) is 35.0 Å². The molecular formula is C4H13NZn. The first kappa shape index (κ1) is 30.8. The minimum absolute atomic E-state index is 0. The third kappa shape index (κ3) is 173. The molecule has 3 N–H and O–H groups in total. The van der Waals surface area contributed by atoms with Gasteiger partial charge in [-0.05, 0) is 0 Å². The zero-order valence-corrected chi connectivity index (χ0v) is 7.80. The summed E-state index contributed by atoms with van der Waals surface area (Å²) in [5.74, 6) is 0. The van der Waals surface area contributed by atoms with Gasteiger partial charge in [0.25, 0.3) is 0 Å². The standard InChI is InChI=1S/2C2H5.H3N.Zn/c2*1-2;;/h2*1H2,2H3;1H3;/q2*-1;;+2. The summed E-state index contributed by atoms with van der Waals surface area (Å²) in [6.45, 7) is 10.0. The predicted molar refractivity (Wildman–Crippen MR) is 27.1 cm³/mol. The van der Waals surface area contributed by atoms with Gasteiger partial charge in [0.1, 0.15) is 0 Å². The molecule has 0 amide bonds. The van der Waals surface area contributed by atoms with Crippen molar-refractivity contribution in [3.63, 3.8) is 0 Å². The van der Waals surface area contributed by atoms with Crippen molar-refractivity contribution in [1.29, 1.82) is 0 Å². The quantitative estimate of drug-likeness (QED) is 0.404. The first-order valence-electron chi connectivity index (χ1n) is 1.41. The maximum absolute atomic E-state index is 3.25. The number of rotatable bonds is 0. The normalized spacial score (nSPS) is 2.00. The molecule has 6 heavy (non-hydrogen) atoms. The fraction of sp³-hybridized carbons (Fsp3) is 0.500. The second-order valence-corrected chi connectivity index (χ2v) is 0. The van der Waals surface area contributed by atoms with Crippen LogP contribution in [-0.4, -0.2) is 0 Å². The maximum atomic E-state index is 3.25. The second-order valence-electron chi connectivity index (χ2n) is 0. The van der Waals surface area contributed by atoms with E-state index in [2.05, 4.69) is 13.8 Å². The van der Waals surface area contributed by atoms with E-state index in [0.29, 0.717) is 0 Å². The maximum Gasteiger partial charge on any atom is 2.00 e. The van der Waals surface area contributed by atoms with Crippen molar-refractivity contribution in [2.24, 2.45) is 0 Å². The summed E-state index contributed by atoms with van der Waals surface area (Å²) in [6.07, 6.45) is 0. The smallest absolute Gasteiger partial charge is 0.346 e. The van der Waals surface area contributed by atoms with Gasteiger partial charge in [-0.2, -0.15) is 13.8 Å². The Morgan fingerprint density at radius 3 is 0.833 bits per heavy atom. The molecular weight excluding hydrogens is 127 g/mol. The molecule has 0 fully saturated rings. The Morgan fingerprint density at radius 2 is 0.833 bits per heavy atom. The zero-order valence-electron chi connectivity index (χ0n) is 4.83. The van der Waals surface area contributed by atoms with Crippen LogP contribution >= 0.6 is 0 Å². The molecule has 0 spiro atoms. The van der Waals surface area contributed by atoms with Gasteiger partial charge >= 0.3 is 19.5 Å². The molecule has 0 aromatic carbocycles. The fourth-order valence-corrected chi connectivity index (χ4v) is 0. The summed E-state index contributed by atoms with van der Waals surface area (Å²) >= 11 is 0. The van der Waals surface area contributed by atoms with E-state index in [0.717, 1.165) is 0 Å². The van der Waals surface area contributed by atoms with Crippen LogP contribution < -0.4 is 6.15 Å². The van der Waals surface area contributed by atoms with Crippen molar-refractivity contribution in [3.8, 4) is 0 Å². The third-order valence-electron chi connectivity index (χ3n) is 0. The SMILES string of the molecule is N.[CH2-]C.[CH2-]C.[Zn+2]. The molecule has 0 heterocycles. The zero-order chi connectivity index (χ0) is 4.00. The molecule has 0 saturated heterocycles. The number of hydrogen-bond donors (Lipinski definition) is 1. The van der Waals surface area contributed by atoms with Gasteiger partial charge in [-0.25, -0.2) is 0 Å². The van der Waals surface area contributed by atoms with Gasteiger partial charge in [-0.15, -0.1) is 0 Å². The molecule has 0 aliphatic heterocycles. The van der Waals surface area contributed by atoms with Crippen LogP contribution in [0.5, 0.6) is 0 Å². The van der Waals surface area contributed by atoms with Gasteiger partial charge in [-0.1, -0.05) is 0 Å². The van der Waals surface area contributed by atoms with Crippen molar-refractivity contribution in [2.75, 3.05) is 0 Å². The minimum Gasteiger partial charge on any atom is -0.346 e. The van der Waals surface area contributed by atoms with Gasteiger partial charge in [-0.3, -0.25) is 0 Å². The molecule has 0 aliphatic rings. The molecule has 0 rings (SSSR count). The molecule has 0 radical (unpaired) electrons. The van der Waals surface area contributed by atoms with E-state index in [9.17, 15) is 0 Å². The van der Waals surface area contributed by atoms with Crippen molar-refractivity contribution < 1.29 is 19.5 Å². The van der Waals surface area contributed by atoms with Crippen LogP contribution in [0.15, 0.2) is 0 Å². The Bertz CT molecular complexity index is 7.51. The largest absolute Gasteiger partial charge is 2.00 e. The number of hydrogen-bond acceptors (Lipinski definition) is 1. The Kier molecular flexibility index (Phi) is 1770. The van der Waals surface area contributed by atoms with Crippen LogP contribution in [0.3, 0.4) is 0 Å². The molecule has 36 valence electrons. The predicted octanol–water partition coefficient (Wildman–Crippen LogP) is 1.84. The second kappa shape index (κ2) is 345. The first-order valence-corrected chi connectivity index (χ1v) is 1.41. The molecule has 0 aliphatic carbocycles. The summed E-state index contributed by atoms with van der Waals surface area (Å²) in [5, 5.41) is 0. The molecule has 0 aromatic heterocycles. The summed E-state index contributed by atoms with van der Waals surface area (Å²) in [7, 11) is 0. The van der Waals surface area contributed by atoms with Crippen LogP contribution in [0.4, 0.5) is 0 Å². The fourth-order valence-electron chi connectivity index (χ4n) is 0. The van der Waals surface area contributed by atoms with E-state index in [1.165, 1.54) is 0 Å². The van der Waals surface area contributed by atoms with Gasteiger partial charge in [0.15, 0.2) is 0 Å². The van der Waals surface area contributed by atoms with Gasteiger partial charge in [0.05, 0.1) is 0 Å². The molecule has 0 bridgehead atoms. The summed E-state index contributed by atoms with van der Waals surface area (Å²) in [6, 6.07) is 0. The molecule has 2 heteroatoms. The van der Waals surface area contributed by atoms with Gasteiger partial charge < -0.3 is 20.0 Å². The van der Waals surface area contributed by atoms with E-state index in [1.807, 2.05) is 0 Å². The van der Waals surface area contributed by atoms with E-state index in [1.54, 1.807) is 13.8 Å². The van der Waals surface area contributed by atoms with Gasteiger partial charge in [0.2, 0.25) is 0 Å². The summed E-state index contributed by atoms with van der Waals surface area (Å²) < 4.78 is 0. The average molecular weight is 141 g/mol. The van der Waals surface area contributed by atoms with Crippen molar-refractivity contribution in [3.05, 3.63) is 13.8 Å². The summed E-state index contributed by atoms with van der Waals surface area (Å²) in [5.41, 5.74) is 0. The first-order chi connectivity index (χ1) is 2.00. The molecule has 0 aromatic rings. The van der Waals surface area contributed by atoms with Crippen molar-refractivity contribution in [2.45, 2.75) is 13.8 Å². The van der Waals surface area contributed by atoms with Crippen LogP contribution in [-0.2, 0) is 19.5 Å². The van der Waals surface area contributed by atoms with E-state index in [-0.39, 0.29) is 25.6 Å². The molecule has 0 unspecified atom stereocenters. The van der Waals surface area contributed by atoms with Crippen LogP contribution in [0.1, 0.15) is 13.8 Å². The molecule has 1 nitrogen and oxygen atoms in total. The molecule has 0 saturated carbocycles.